The molecule has 1 heterocycles. The van der Waals surface area contributed by atoms with Crippen molar-refractivity contribution in [1.82, 2.24) is 0 Å². The molecule has 0 amide bonds. The van der Waals surface area contributed by atoms with Crippen LogP contribution in [0, 0.1) is 0 Å². The van der Waals surface area contributed by atoms with Crippen LogP contribution in [0.4, 0.5) is 0 Å². The van der Waals surface area contributed by atoms with Gasteiger partial charge in [-0.1, -0.05) is 6.42 Å². The minimum atomic E-state index is -0.113. The van der Waals surface area contributed by atoms with Gasteiger partial charge in [-0.05, 0) is 51.8 Å². The van der Waals surface area contributed by atoms with E-state index in [1.807, 2.05) is 0 Å². The number of hydrogen-bond donors (Lipinski definition) is 0. The van der Waals surface area contributed by atoms with E-state index in [2.05, 4.69) is 27.5 Å². The molecule has 0 radical (unpaired) electrons. The van der Waals surface area contributed by atoms with E-state index in [0.29, 0.717) is 0 Å². The topological polar surface area (TPSA) is 0 Å². The summed E-state index contributed by atoms with van der Waals surface area (Å²) >= 11 is 2.67. The number of hydrogen-bond acceptors (Lipinski definition) is 0. The number of halogens is 1. The van der Waals surface area contributed by atoms with E-state index < -0.39 is 0 Å². The summed E-state index contributed by atoms with van der Waals surface area (Å²) in [6.45, 7) is 0. The van der Waals surface area contributed by atoms with Gasteiger partial charge >= 0.3 is 0 Å². The van der Waals surface area contributed by atoms with E-state index >= 15 is 0 Å². The average Bonchev–Trinajstić information content (AvgIpc) is 1.65. The quantitative estimate of drug-likeness (QED) is 0.575. The van der Waals surface area contributed by atoms with Crippen LogP contribution in [-0.4, -0.2) is 17.8 Å². The van der Waals surface area contributed by atoms with Crippen LogP contribution in [0.15, 0.2) is 0 Å². The van der Waals surface area contributed by atoms with Crippen molar-refractivity contribution in [3.05, 3.63) is 0 Å². The Morgan fingerprint density at radius 3 is 1.88 bits per heavy atom. The van der Waals surface area contributed by atoms with Crippen LogP contribution in [0.5, 0.6) is 0 Å². The third kappa shape index (κ3) is 2.13. The molecule has 0 aromatic carbocycles. The molecule has 0 aromatic heterocycles. The van der Waals surface area contributed by atoms with Crippen molar-refractivity contribution in [3.63, 3.8) is 0 Å². The molecule has 8 heavy (non-hydrogen) atoms. The maximum atomic E-state index is 2.67. The van der Waals surface area contributed by atoms with Crippen LogP contribution < -0.4 is 0 Å². The summed E-state index contributed by atoms with van der Waals surface area (Å²) in [5.74, 6) is 3.04. The molecule has 1 saturated heterocycles. The fraction of sp³-hybridized carbons (Fsp3) is 1.00. The SMILES string of the molecule is CS1(I)CCCCC1. The second kappa shape index (κ2) is 2.78. The lowest BCUT2D eigenvalue weighted by Crippen LogP contribution is -2.06. The van der Waals surface area contributed by atoms with Gasteiger partial charge in [-0.3, -0.25) is 0 Å². The highest BCUT2D eigenvalue weighted by molar-refractivity contribution is 14.2. The van der Waals surface area contributed by atoms with Crippen LogP contribution in [0.25, 0.3) is 0 Å². The average molecular weight is 244 g/mol. The Kier molecular flexibility index (Phi) is 2.49. The first-order valence-electron chi connectivity index (χ1n) is 3.14. The van der Waals surface area contributed by atoms with E-state index in [9.17, 15) is 0 Å². The first-order valence-corrected chi connectivity index (χ1v) is 8.06. The molecule has 0 spiro atoms. The van der Waals surface area contributed by atoms with Crippen molar-refractivity contribution in [2.24, 2.45) is 0 Å². The molecular weight excluding hydrogens is 231 g/mol. The third-order valence-corrected chi connectivity index (χ3v) is 6.56. The maximum Gasteiger partial charge on any atom is -0.0146 e. The van der Waals surface area contributed by atoms with Crippen molar-refractivity contribution in [2.45, 2.75) is 19.3 Å². The van der Waals surface area contributed by atoms with Crippen LogP contribution in [-0.2, 0) is 0 Å². The first kappa shape index (κ1) is 7.19. The Labute approximate surface area is 65.3 Å². The van der Waals surface area contributed by atoms with Gasteiger partial charge in [0.15, 0.2) is 0 Å². The molecule has 2 heteroatoms. The summed E-state index contributed by atoms with van der Waals surface area (Å²) in [6.07, 6.45) is 6.93. The Balaban J connectivity index is 2.33. The Morgan fingerprint density at radius 2 is 1.62 bits per heavy atom. The van der Waals surface area contributed by atoms with Gasteiger partial charge in [0.05, 0.1) is 0 Å². The first-order chi connectivity index (χ1) is 3.71. The van der Waals surface area contributed by atoms with Gasteiger partial charge in [0.1, 0.15) is 0 Å². The summed E-state index contributed by atoms with van der Waals surface area (Å²) in [7, 11) is -0.113. The van der Waals surface area contributed by atoms with E-state index in [1.54, 1.807) is 0 Å². The molecular formula is C6H13IS. The highest BCUT2D eigenvalue weighted by atomic mass is 127. The monoisotopic (exact) mass is 244 g/mol. The van der Waals surface area contributed by atoms with Gasteiger partial charge in [-0.15, -0.1) is 0 Å². The lowest BCUT2D eigenvalue weighted by Gasteiger charge is -2.32. The molecule has 50 valence electrons. The third-order valence-electron chi connectivity index (χ3n) is 1.64. The fourth-order valence-electron chi connectivity index (χ4n) is 1.08. The predicted molar refractivity (Wildman–Crippen MR) is 51.1 cm³/mol. The molecule has 0 N–H and O–H groups in total. The van der Waals surface area contributed by atoms with Crippen LogP contribution in [0.2, 0.25) is 0 Å². The van der Waals surface area contributed by atoms with E-state index in [-0.39, 0.29) is 7.20 Å². The van der Waals surface area contributed by atoms with Gasteiger partial charge in [0.25, 0.3) is 0 Å². The lowest BCUT2D eigenvalue weighted by atomic mass is 10.3. The lowest BCUT2D eigenvalue weighted by molar-refractivity contribution is 0.760. The smallest absolute Gasteiger partial charge is 0.0146 e. The second-order valence-corrected chi connectivity index (χ2v) is 12.1. The second-order valence-electron chi connectivity index (χ2n) is 2.62. The normalized spacial score (nSPS) is 31.8. The van der Waals surface area contributed by atoms with Crippen LogP contribution >= 0.6 is 28.4 Å². The summed E-state index contributed by atoms with van der Waals surface area (Å²) in [5, 5.41) is 0. The molecule has 1 aliphatic heterocycles. The minimum Gasteiger partial charge on any atom is -0.190 e. The zero-order chi connectivity index (χ0) is 6.04. The van der Waals surface area contributed by atoms with Crippen molar-refractivity contribution in [3.8, 4) is 0 Å². The van der Waals surface area contributed by atoms with Gasteiger partial charge in [0.2, 0.25) is 0 Å². The molecule has 1 aliphatic rings. The molecule has 0 aromatic rings. The molecule has 0 bridgehead atoms. The molecule has 1 rings (SSSR count). The maximum absolute atomic E-state index is 2.67. The molecule has 0 atom stereocenters. The highest BCUT2D eigenvalue weighted by Gasteiger charge is 2.16. The largest absolute Gasteiger partial charge is 0.190 e. The predicted octanol–water partition coefficient (Wildman–Crippen LogP) is 2.95. The summed E-state index contributed by atoms with van der Waals surface area (Å²) in [6, 6.07) is 0. The van der Waals surface area contributed by atoms with E-state index in [1.165, 1.54) is 30.8 Å². The molecule has 0 nitrogen and oxygen atoms in total. The zero-order valence-electron chi connectivity index (χ0n) is 5.32. The van der Waals surface area contributed by atoms with Gasteiger partial charge in [-0.2, -0.15) is 7.20 Å². The van der Waals surface area contributed by atoms with Crippen LogP contribution in [0.3, 0.4) is 0 Å². The Hall–Kier alpha value is 1.08. The zero-order valence-corrected chi connectivity index (χ0v) is 8.30. The minimum absolute atomic E-state index is 0.113. The standard InChI is InChI=1S/C6H13IS/c1-8(7)5-3-2-4-6-8/h2-6H2,1H3. The molecule has 1 fully saturated rings. The van der Waals surface area contributed by atoms with Crippen LogP contribution in [0.1, 0.15) is 19.3 Å². The summed E-state index contributed by atoms with van der Waals surface area (Å²) in [5.41, 5.74) is 0. The molecule has 0 saturated carbocycles. The fourth-order valence-corrected chi connectivity index (χ4v) is 4.77. The number of rotatable bonds is 0. The van der Waals surface area contributed by atoms with Gasteiger partial charge in [0, 0.05) is 0 Å². The van der Waals surface area contributed by atoms with Crippen molar-refractivity contribution >= 4 is 28.4 Å². The van der Waals surface area contributed by atoms with Gasteiger partial charge in [-0.25, -0.2) is 0 Å². The van der Waals surface area contributed by atoms with E-state index in [0.717, 1.165) is 0 Å². The van der Waals surface area contributed by atoms with E-state index in [4.69, 9.17) is 0 Å². The molecule has 0 aliphatic carbocycles. The van der Waals surface area contributed by atoms with Gasteiger partial charge < -0.3 is 0 Å². The summed E-state index contributed by atoms with van der Waals surface area (Å²) < 4.78 is 0. The van der Waals surface area contributed by atoms with Crippen molar-refractivity contribution < 1.29 is 0 Å². The van der Waals surface area contributed by atoms with Crippen molar-refractivity contribution in [1.29, 1.82) is 0 Å². The van der Waals surface area contributed by atoms with Crippen molar-refractivity contribution in [2.75, 3.05) is 17.8 Å². The Bertz CT molecular complexity index is 72.6. The Morgan fingerprint density at radius 1 is 1.12 bits per heavy atom. The molecule has 0 unspecified atom stereocenters. The summed E-state index contributed by atoms with van der Waals surface area (Å²) in [4.78, 5) is 0. The highest BCUT2D eigenvalue weighted by Crippen LogP contribution is 2.56.